The minimum atomic E-state index is -3.48. The predicted octanol–water partition coefficient (Wildman–Crippen LogP) is 0.323. The highest BCUT2D eigenvalue weighted by Gasteiger charge is 2.29. The van der Waals surface area contributed by atoms with Crippen LogP contribution >= 0.6 is 0 Å². The summed E-state index contributed by atoms with van der Waals surface area (Å²) >= 11 is 0. The molecule has 1 fully saturated rings. The van der Waals surface area contributed by atoms with Gasteiger partial charge < -0.3 is 10.5 Å². The van der Waals surface area contributed by atoms with Gasteiger partial charge in [0, 0.05) is 12.2 Å². The van der Waals surface area contributed by atoms with Gasteiger partial charge in [-0.2, -0.15) is 9.57 Å². The van der Waals surface area contributed by atoms with Crippen LogP contribution in [0.15, 0.2) is 24.3 Å². The van der Waals surface area contributed by atoms with E-state index in [9.17, 15) is 8.42 Å². The molecule has 0 radical (unpaired) electrons. The van der Waals surface area contributed by atoms with Gasteiger partial charge in [0.05, 0.1) is 25.0 Å². The Bertz CT molecular complexity index is 594. The highest BCUT2D eigenvalue weighted by molar-refractivity contribution is 7.88. The molecule has 102 valence electrons. The molecule has 1 aliphatic heterocycles. The van der Waals surface area contributed by atoms with Crippen molar-refractivity contribution < 1.29 is 13.2 Å². The molecule has 1 aliphatic rings. The Morgan fingerprint density at radius 1 is 1.47 bits per heavy atom. The lowest BCUT2D eigenvalue weighted by atomic mass is 10.2. The van der Waals surface area contributed by atoms with Crippen LogP contribution in [0.2, 0.25) is 0 Å². The molecule has 1 aromatic carbocycles. The molecule has 2 N–H and O–H groups in total. The van der Waals surface area contributed by atoms with Gasteiger partial charge in [0.1, 0.15) is 0 Å². The van der Waals surface area contributed by atoms with E-state index in [1.54, 1.807) is 24.3 Å². The van der Waals surface area contributed by atoms with Crippen molar-refractivity contribution in [2.45, 2.75) is 11.9 Å². The number of hydrogen-bond donors (Lipinski definition) is 1. The summed E-state index contributed by atoms with van der Waals surface area (Å²) < 4.78 is 31.0. The molecule has 0 spiro atoms. The molecular formula is C12H15N3O3S. The number of morpholine rings is 1. The Kier molecular flexibility index (Phi) is 4.04. The standard InChI is InChI=1S/C12H15N3O3S/c13-7-11-8-15(5-6-18-11)19(16,17)9-10-3-1-2-4-12(10)14/h1-4,11H,5-6,8-9,14H2. The zero-order valence-corrected chi connectivity index (χ0v) is 11.1. The molecule has 1 saturated heterocycles. The van der Waals surface area contributed by atoms with Crippen molar-refractivity contribution in [1.82, 2.24) is 4.31 Å². The molecule has 0 amide bonds. The van der Waals surface area contributed by atoms with Crippen molar-refractivity contribution in [3.63, 3.8) is 0 Å². The lowest BCUT2D eigenvalue weighted by molar-refractivity contribution is 0.0311. The molecule has 6 nitrogen and oxygen atoms in total. The number of nitrogens with zero attached hydrogens (tertiary/aromatic N) is 2. The molecule has 7 heteroatoms. The number of sulfonamides is 1. The number of nitrogens with two attached hydrogens (primary N) is 1. The fraction of sp³-hybridized carbons (Fsp3) is 0.417. The Morgan fingerprint density at radius 3 is 2.89 bits per heavy atom. The Hall–Kier alpha value is -1.62. The van der Waals surface area contributed by atoms with Gasteiger partial charge in [0.15, 0.2) is 6.10 Å². The molecule has 2 rings (SSSR count). The molecule has 19 heavy (non-hydrogen) atoms. The fourth-order valence-electron chi connectivity index (χ4n) is 1.91. The summed E-state index contributed by atoms with van der Waals surface area (Å²) in [5.41, 5.74) is 6.78. The molecular weight excluding hydrogens is 266 g/mol. The predicted molar refractivity (Wildman–Crippen MR) is 70.4 cm³/mol. The van der Waals surface area contributed by atoms with Crippen LogP contribution in [0.3, 0.4) is 0 Å². The van der Waals surface area contributed by atoms with E-state index in [2.05, 4.69) is 0 Å². The van der Waals surface area contributed by atoms with Gasteiger partial charge in [-0.05, 0) is 11.6 Å². The van der Waals surface area contributed by atoms with Crippen LogP contribution in [0.25, 0.3) is 0 Å². The Morgan fingerprint density at radius 2 is 2.21 bits per heavy atom. The third-order valence-corrected chi connectivity index (χ3v) is 4.75. The van der Waals surface area contributed by atoms with Crippen LogP contribution in [-0.4, -0.2) is 38.5 Å². The van der Waals surface area contributed by atoms with E-state index < -0.39 is 16.1 Å². The van der Waals surface area contributed by atoms with Crippen LogP contribution in [-0.2, 0) is 20.5 Å². The lowest BCUT2D eigenvalue weighted by Crippen LogP contribution is -2.45. The van der Waals surface area contributed by atoms with Gasteiger partial charge in [-0.3, -0.25) is 0 Å². The third kappa shape index (κ3) is 3.23. The average Bonchev–Trinajstić information content (AvgIpc) is 2.41. The first-order chi connectivity index (χ1) is 9.03. The van der Waals surface area contributed by atoms with E-state index in [1.807, 2.05) is 6.07 Å². The molecule has 1 unspecified atom stereocenters. The smallest absolute Gasteiger partial charge is 0.218 e. The maximum Gasteiger partial charge on any atom is 0.218 e. The molecule has 0 aromatic heterocycles. The molecule has 0 bridgehead atoms. The number of anilines is 1. The van der Waals surface area contributed by atoms with E-state index in [4.69, 9.17) is 15.7 Å². The van der Waals surface area contributed by atoms with Gasteiger partial charge in [-0.1, -0.05) is 18.2 Å². The van der Waals surface area contributed by atoms with Crippen LogP contribution in [0.1, 0.15) is 5.56 Å². The van der Waals surface area contributed by atoms with Gasteiger partial charge in [0.2, 0.25) is 10.0 Å². The number of benzene rings is 1. The second kappa shape index (κ2) is 5.57. The molecule has 1 atom stereocenters. The second-order valence-corrected chi connectivity index (χ2v) is 6.27. The van der Waals surface area contributed by atoms with E-state index in [0.29, 0.717) is 11.3 Å². The van der Waals surface area contributed by atoms with Crippen LogP contribution in [0.5, 0.6) is 0 Å². The minimum absolute atomic E-state index is 0.0750. The lowest BCUT2D eigenvalue weighted by Gasteiger charge is -2.29. The Balaban J connectivity index is 2.15. The van der Waals surface area contributed by atoms with Crippen molar-refractivity contribution in [1.29, 1.82) is 5.26 Å². The summed E-state index contributed by atoms with van der Waals surface area (Å²) in [6.45, 7) is 0.584. The molecule has 1 aromatic rings. The zero-order valence-electron chi connectivity index (χ0n) is 10.3. The fourth-order valence-corrected chi connectivity index (χ4v) is 3.46. The van der Waals surface area contributed by atoms with E-state index in [1.165, 1.54) is 4.31 Å². The number of nitriles is 1. The largest absolute Gasteiger partial charge is 0.398 e. The highest BCUT2D eigenvalue weighted by atomic mass is 32.2. The van der Waals surface area contributed by atoms with E-state index in [-0.39, 0.29) is 25.4 Å². The first kappa shape index (κ1) is 13.8. The topological polar surface area (TPSA) is 96.4 Å². The number of para-hydroxylation sites is 1. The van der Waals surface area contributed by atoms with Crippen molar-refractivity contribution in [2.75, 3.05) is 25.4 Å². The number of nitrogen functional groups attached to an aromatic ring is 1. The zero-order chi connectivity index (χ0) is 13.9. The first-order valence-corrected chi connectivity index (χ1v) is 7.46. The molecule has 0 saturated carbocycles. The van der Waals surface area contributed by atoms with E-state index in [0.717, 1.165) is 0 Å². The summed E-state index contributed by atoms with van der Waals surface area (Å²) in [6.07, 6.45) is -0.698. The van der Waals surface area contributed by atoms with Crippen molar-refractivity contribution in [2.24, 2.45) is 0 Å². The van der Waals surface area contributed by atoms with Crippen LogP contribution in [0, 0.1) is 11.3 Å². The van der Waals surface area contributed by atoms with Gasteiger partial charge >= 0.3 is 0 Å². The minimum Gasteiger partial charge on any atom is -0.398 e. The van der Waals surface area contributed by atoms with E-state index >= 15 is 0 Å². The van der Waals surface area contributed by atoms with Gasteiger partial charge in [0.25, 0.3) is 0 Å². The maximum absolute atomic E-state index is 12.3. The normalized spacial score (nSPS) is 20.9. The van der Waals surface area contributed by atoms with Gasteiger partial charge in [-0.25, -0.2) is 8.42 Å². The second-order valence-electron chi connectivity index (χ2n) is 4.30. The van der Waals surface area contributed by atoms with Crippen LogP contribution < -0.4 is 5.73 Å². The molecule has 0 aliphatic carbocycles. The molecule has 1 heterocycles. The summed E-state index contributed by atoms with van der Waals surface area (Å²) in [4.78, 5) is 0. The third-order valence-electron chi connectivity index (χ3n) is 2.96. The SMILES string of the molecule is N#CC1CN(S(=O)(=O)Cc2ccccc2N)CCO1. The summed E-state index contributed by atoms with van der Waals surface area (Å²) in [7, 11) is -3.48. The average molecular weight is 281 g/mol. The summed E-state index contributed by atoms with van der Waals surface area (Å²) in [6, 6.07) is 8.79. The van der Waals surface area contributed by atoms with Crippen molar-refractivity contribution in [3.05, 3.63) is 29.8 Å². The van der Waals surface area contributed by atoms with Gasteiger partial charge in [-0.15, -0.1) is 0 Å². The van der Waals surface area contributed by atoms with Crippen molar-refractivity contribution >= 4 is 15.7 Å². The maximum atomic E-state index is 12.3. The first-order valence-electron chi connectivity index (χ1n) is 5.85. The number of hydrogen-bond acceptors (Lipinski definition) is 5. The number of ether oxygens (including phenoxy) is 1. The highest BCUT2D eigenvalue weighted by Crippen LogP contribution is 2.18. The van der Waals surface area contributed by atoms with Crippen molar-refractivity contribution in [3.8, 4) is 6.07 Å². The number of rotatable bonds is 3. The van der Waals surface area contributed by atoms with Crippen LogP contribution in [0.4, 0.5) is 5.69 Å². The summed E-state index contributed by atoms with van der Waals surface area (Å²) in [5.74, 6) is -0.155. The quantitative estimate of drug-likeness (QED) is 0.805. The summed E-state index contributed by atoms with van der Waals surface area (Å²) in [5, 5.41) is 8.79. The monoisotopic (exact) mass is 281 g/mol. The Labute approximate surface area is 112 Å².